The van der Waals surface area contributed by atoms with E-state index in [0.717, 1.165) is 11.3 Å². The van der Waals surface area contributed by atoms with Crippen LogP contribution in [0.15, 0.2) is 24.3 Å². The average molecular weight is 251 g/mol. The molecule has 1 aromatic carbocycles. The predicted octanol–water partition coefficient (Wildman–Crippen LogP) is -0.268. The summed E-state index contributed by atoms with van der Waals surface area (Å²) >= 11 is 0. The number of ether oxygens (including phenoxy) is 1. The molecule has 2 amide bonds. The molecule has 1 aromatic rings. The molecule has 98 valence electrons. The number of carbonyl (C=O) groups is 2. The Kier molecular flexibility index (Phi) is 5.13. The molecule has 0 aliphatic carbocycles. The van der Waals surface area contributed by atoms with Gasteiger partial charge in [0.2, 0.25) is 5.91 Å². The van der Waals surface area contributed by atoms with Crippen LogP contribution in [0.1, 0.15) is 12.5 Å². The van der Waals surface area contributed by atoms with E-state index in [-0.39, 0.29) is 12.3 Å². The van der Waals surface area contributed by atoms with Gasteiger partial charge in [-0.2, -0.15) is 0 Å². The smallest absolute Gasteiger partial charge is 0.256 e. The molecule has 0 bridgehead atoms. The van der Waals surface area contributed by atoms with Crippen LogP contribution in [0, 0.1) is 0 Å². The summed E-state index contributed by atoms with van der Waals surface area (Å²) in [4.78, 5) is 22.8. The molecule has 0 aromatic heterocycles. The van der Waals surface area contributed by atoms with Gasteiger partial charge in [-0.15, -0.1) is 0 Å². The predicted molar refractivity (Wildman–Crippen MR) is 66.6 cm³/mol. The molecule has 0 radical (unpaired) electrons. The second-order valence-corrected chi connectivity index (χ2v) is 3.82. The van der Waals surface area contributed by atoms with Gasteiger partial charge in [0, 0.05) is 0 Å². The van der Waals surface area contributed by atoms with Crippen molar-refractivity contribution in [2.75, 3.05) is 7.11 Å². The monoisotopic (exact) mass is 251 g/mol. The Morgan fingerprint density at radius 3 is 2.44 bits per heavy atom. The number of amides is 2. The SMILES string of the molecule is COc1ccc(CC(=O)N[C@H](C)C(=O)NN)cc1. The second kappa shape index (κ2) is 6.61. The summed E-state index contributed by atoms with van der Waals surface area (Å²) in [7, 11) is 1.58. The molecule has 0 fully saturated rings. The number of methoxy groups -OCH3 is 1. The van der Waals surface area contributed by atoms with E-state index in [9.17, 15) is 9.59 Å². The Morgan fingerprint density at radius 2 is 1.94 bits per heavy atom. The Morgan fingerprint density at radius 1 is 1.33 bits per heavy atom. The zero-order valence-corrected chi connectivity index (χ0v) is 10.4. The van der Waals surface area contributed by atoms with Crippen LogP contribution in [-0.2, 0) is 16.0 Å². The number of rotatable bonds is 5. The maximum Gasteiger partial charge on any atom is 0.256 e. The van der Waals surface area contributed by atoms with Crippen molar-refractivity contribution in [2.24, 2.45) is 5.84 Å². The molecule has 4 N–H and O–H groups in total. The van der Waals surface area contributed by atoms with E-state index in [0.29, 0.717) is 0 Å². The van der Waals surface area contributed by atoms with Crippen molar-refractivity contribution in [1.29, 1.82) is 0 Å². The van der Waals surface area contributed by atoms with Crippen LogP contribution in [-0.4, -0.2) is 25.0 Å². The summed E-state index contributed by atoms with van der Waals surface area (Å²) in [6.45, 7) is 1.56. The summed E-state index contributed by atoms with van der Waals surface area (Å²) in [5.41, 5.74) is 2.82. The molecule has 0 saturated heterocycles. The number of hydrazine groups is 1. The molecule has 6 nitrogen and oxygen atoms in total. The Balaban J connectivity index is 2.51. The van der Waals surface area contributed by atoms with Crippen LogP contribution in [0.4, 0.5) is 0 Å². The first kappa shape index (κ1) is 14.0. The van der Waals surface area contributed by atoms with Crippen molar-refractivity contribution >= 4 is 11.8 Å². The van der Waals surface area contributed by atoms with Gasteiger partial charge in [-0.1, -0.05) is 12.1 Å². The number of hydrogen-bond donors (Lipinski definition) is 3. The molecule has 0 heterocycles. The number of carbonyl (C=O) groups excluding carboxylic acids is 2. The minimum atomic E-state index is -0.652. The summed E-state index contributed by atoms with van der Waals surface area (Å²) in [5.74, 6) is 5.03. The summed E-state index contributed by atoms with van der Waals surface area (Å²) < 4.78 is 5.02. The molecule has 18 heavy (non-hydrogen) atoms. The molecule has 0 aliphatic rings. The summed E-state index contributed by atoms with van der Waals surface area (Å²) in [6, 6.07) is 6.50. The van der Waals surface area contributed by atoms with Gasteiger partial charge in [0.25, 0.3) is 5.91 Å². The van der Waals surface area contributed by atoms with Crippen molar-refractivity contribution in [2.45, 2.75) is 19.4 Å². The van der Waals surface area contributed by atoms with Crippen LogP contribution < -0.4 is 21.3 Å². The molecule has 0 aliphatic heterocycles. The summed E-state index contributed by atoms with van der Waals surface area (Å²) in [6.07, 6.45) is 0.201. The van der Waals surface area contributed by atoms with Gasteiger partial charge in [-0.25, -0.2) is 5.84 Å². The van der Waals surface area contributed by atoms with E-state index < -0.39 is 11.9 Å². The molecular formula is C12H17N3O3. The maximum absolute atomic E-state index is 11.6. The van der Waals surface area contributed by atoms with E-state index in [2.05, 4.69) is 5.32 Å². The minimum Gasteiger partial charge on any atom is -0.497 e. The lowest BCUT2D eigenvalue weighted by Gasteiger charge is -2.12. The van der Waals surface area contributed by atoms with Gasteiger partial charge in [-0.05, 0) is 24.6 Å². The van der Waals surface area contributed by atoms with E-state index >= 15 is 0 Å². The van der Waals surface area contributed by atoms with Crippen LogP contribution in [0.2, 0.25) is 0 Å². The van der Waals surface area contributed by atoms with Crippen LogP contribution in [0.25, 0.3) is 0 Å². The van der Waals surface area contributed by atoms with Crippen molar-refractivity contribution < 1.29 is 14.3 Å². The molecule has 0 unspecified atom stereocenters. The lowest BCUT2D eigenvalue weighted by atomic mass is 10.1. The van der Waals surface area contributed by atoms with E-state index in [1.165, 1.54) is 0 Å². The molecular weight excluding hydrogens is 234 g/mol. The zero-order valence-electron chi connectivity index (χ0n) is 10.4. The van der Waals surface area contributed by atoms with Crippen molar-refractivity contribution in [1.82, 2.24) is 10.7 Å². The minimum absolute atomic E-state index is 0.201. The van der Waals surface area contributed by atoms with Gasteiger partial charge in [0.1, 0.15) is 11.8 Å². The number of nitrogens with two attached hydrogens (primary N) is 1. The lowest BCUT2D eigenvalue weighted by molar-refractivity contribution is -0.128. The fourth-order valence-corrected chi connectivity index (χ4v) is 1.41. The van der Waals surface area contributed by atoms with E-state index in [1.807, 2.05) is 5.43 Å². The van der Waals surface area contributed by atoms with Gasteiger partial charge < -0.3 is 10.1 Å². The fraction of sp³-hybridized carbons (Fsp3) is 0.333. The molecule has 0 spiro atoms. The third-order valence-electron chi connectivity index (χ3n) is 2.44. The second-order valence-electron chi connectivity index (χ2n) is 3.82. The van der Waals surface area contributed by atoms with Crippen molar-refractivity contribution in [3.8, 4) is 5.75 Å². The fourth-order valence-electron chi connectivity index (χ4n) is 1.41. The number of hydrogen-bond acceptors (Lipinski definition) is 4. The van der Waals surface area contributed by atoms with Crippen LogP contribution >= 0.6 is 0 Å². The molecule has 6 heteroatoms. The first-order valence-electron chi connectivity index (χ1n) is 5.49. The van der Waals surface area contributed by atoms with Gasteiger partial charge in [0.15, 0.2) is 0 Å². The number of nitrogens with one attached hydrogen (secondary N) is 2. The highest BCUT2D eigenvalue weighted by molar-refractivity contribution is 5.87. The van der Waals surface area contributed by atoms with Crippen molar-refractivity contribution in [3.63, 3.8) is 0 Å². The van der Waals surface area contributed by atoms with Crippen LogP contribution in [0.5, 0.6) is 5.75 Å². The third kappa shape index (κ3) is 4.06. The summed E-state index contributed by atoms with van der Waals surface area (Å²) in [5, 5.41) is 2.55. The lowest BCUT2D eigenvalue weighted by Crippen LogP contribution is -2.47. The topological polar surface area (TPSA) is 93.4 Å². The van der Waals surface area contributed by atoms with Crippen LogP contribution in [0.3, 0.4) is 0 Å². The zero-order chi connectivity index (χ0) is 13.5. The maximum atomic E-state index is 11.6. The van der Waals surface area contributed by atoms with Crippen molar-refractivity contribution in [3.05, 3.63) is 29.8 Å². The van der Waals surface area contributed by atoms with Gasteiger partial charge in [0.05, 0.1) is 13.5 Å². The first-order chi connectivity index (χ1) is 8.56. The highest BCUT2D eigenvalue weighted by Crippen LogP contribution is 2.11. The highest BCUT2D eigenvalue weighted by atomic mass is 16.5. The largest absolute Gasteiger partial charge is 0.497 e. The molecule has 1 rings (SSSR count). The Labute approximate surface area is 105 Å². The molecule has 1 atom stereocenters. The normalized spacial score (nSPS) is 11.5. The quantitative estimate of drug-likeness (QED) is 0.381. The third-order valence-corrected chi connectivity index (χ3v) is 2.44. The van der Waals surface area contributed by atoms with Gasteiger partial charge in [-0.3, -0.25) is 15.0 Å². The van der Waals surface area contributed by atoms with E-state index in [1.54, 1.807) is 38.3 Å². The number of benzene rings is 1. The van der Waals surface area contributed by atoms with Gasteiger partial charge >= 0.3 is 0 Å². The Bertz CT molecular complexity index is 417. The van der Waals surface area contributed by atoms with E-state index in [4.69, 9.17) is 10.6 Å². The molecule has 0 saturated carbocycles. The first-order valence-corrected chi connectivity index (χ1v) is 5.49. The standard InChI is InChI=1S/C12H17N3O3/c1-8(12(17)15-13)14-11(16)7-9-3-5-10(18-2)6-4-9/h3-6,8H,7,13H2,1-2H3,(H,14,16)(H,15,17)/t8-/m1/s1. The Hall–Kier alpha value is -2.08. The average Bonchev–Trinajstić information content (AvgIpc) is 2.38. The highest BCUT2D eigenvalue weighted by Gasteiger charge is 2.14.